The third kappa shape index (κ3) is 7.39. The third-order valence-electron chi connectivity index (χ3n) is 1.86. The van der Waals surface area contributed by atoms with Gasteiger partial charge in [-0.15, -0.1) is 0 Å². The fourth-order valence-electron chi connectivity index (χ4n) is 1.06. The lowest BCUT2D eigenvalue weighted by molar-refractivity contribution is 0.0176. The van der Waals surface area contributed by atoms with Gasteiger partial charge in [0.25, 0.3) is 0 Å². The topological polar surface area (TPSA) is 62.7 Å². The lowest BCUT2D eigenvalue weighted by atomic mass is 10.7. The Hall–Kier alpha value is -0.950. The predicted molar refractivity (Wildman–Crippen MR) is 66.1 cm³/mol. The highest BCUT2D eigenvalue weighted by Crippen LogP contribution is 2.08. The summed E-state index contributed by atoms with van der Waals surface area (Å²) in [6, 6.07) is 0. The van der Waals surface area contributed by atoms with Crippen molar-refractivity contribution in [2.45, 2.75) is 0 Å². The van der Waals surface area contributed by atoms with Crippen molar-refractivity contribution in [3.63, 3.8) is 0 Å². The van der Waals surface area contributed by atoms with Crippen LogP contribution in [-0.4, -0.2) is 56.7 Å². The zero-order valence-electron chi connectivity index (χ0n) is 10.3. The number of methoxy groups -OCH3 is 1. The molecule has 0 unspecified atom stereocenters. The quantitative estimate of drug-likeness (QED) is 0.598. The molecule has 0 aliphatic rings. The first-order valence-corrected chi connectivity index (χ1v) is 5.95. The maximum Gasteiger partial charge on any atom is 0.233 e. The van der Waals surface area contributed by atoms with Crippen LogP contribution in [0.1, 0.15) is 0 Å². The second-order valence-corrected chi connectivity index (χ2v) is 3.63. The molecule has 0 amide bonds. The molecule has 6 nitrogen and oxygen atoms in total. The summed E-state index contributed by atoms with van der Waals surface area (Å²) in [6.07, 6.45) is 2.95. The van der Waals surface area contributed by atoms with Crippen molar-refractivity contribution >= 4 is 11.6 Å². The minimum atomic E-state index is 0.306. The second-order valence-electron chi connectivity index (χ2n) is 3.25. The molecule has 0 aliphatic heterocycles. The molecule has 7 heteroatoms. The molecule has 0 bridgehead atoms. The van der Waals surface area contributed by atoms with Crippen LogP contribution in [0.25, 0.3) is 0 Å². The fraction of sp³-hybridized carbons (Fsp3) is 0.636. The van der Waals surface area contributed by atoms with E-state index in [1.165, 1.54) is 12.4 Å². The smallest absolute Gasteiger partial charge is 0.233 e. The Morgan fingerprint density at radius 3 is 2.33 bits per heavy atom. The molecule has 0 atom stereocenters. The summed E-state index contributed by atoms with van der Waals surface area (Å²) in [5.41, 5.74) is 0. The van der Waals surface area contributed by atoms with Crippen LogP contribution >= 0.6 is 11.6 Å². The van der Waals surface area contributed by atoms with Gasteiger partial charge in [-0.1, -0.05) is 11.6 Å². The van der Waals surface area contributed by atoms with E-state index in [1.54, 1.807) is 7.11 Å². The van der Waals surface area contributed by atoms with Gasteiger partial charge in [0, 0.05) is 7.11 Å². The molecule has 0 saturated carbocycles. The lowest BCUT2D eigenvalue weighted by Gasteiger charge is -2.06. The number of ether oxygens (including phenoxy) is 4. The maximum atomic E-state index is 5.66. The molecule has 0 aromatic carbocycles. The van der Waals surface area contributed by atoms with Gasteiger partial charge < -0.3 is 18.9 Å². The van der Waals surface area contributed by atoms with Crippen LogP contribution in [0.3, 0.4) is 0 Å². The van der Waals surface area contributed by atoms with Gasteiger partial charge in [0.2, 0.25) is 5.88 Å². The SMILES string of the molecule is COCCOCCOCCOc1cncc(Cl)n1. The fourth-order valence-corrected chi connectivity index (χ4v) is 1.20. The van der Waals surface area contributed by atoms with E-state index in [-0.39, 0.29) is 0 Å². The van der Waals surface area contributed by atoms with Gasteiger partial charge in [-0.3, -0.25) is 4.98 Å². The van der Waals surface area contributed by atoms with Crippen molar-refractivity contribution in [2.24, 2.45) is 0 Å². The number of halogens is 1. The second kappa shape index (κ2) is 10.0. The van der Waals surface area contributed by atoms with Crippen molar-refractivity contribution in [1.82, 2.24) is 9.97 Å². The van der Waals surface area contributed by atoms with Crippen LogP contribution in [0.15, 0.2) is 12.4 Å². The van der Waals surface area contributed by atoms with Gasteiger partial charge in [0.05, 0.1) is 45.4 Å². The molecule has 18 heavy (non-hydrogen) atoms. The van der Waals surface area contributed by atoms with Crippen molar-refractivity contribution in [3.05, 3.63) is 17.5 Å². The highest BCUT2D eigenvalue weighted by Gasteiger charge is 1.97. The molecule has 1 rings (SSSR count). The summed E-state index contributed by atoms with van der Waals surface area (Å²) in [7, 11) is 1.63. The Balaban J connectivity index is 1.92. The van der Waals surface area contributed by atoms with Crippen LogP contribution in [-0.2, 0) is 14.2 Å². The van der Waals surface area contributed by atoms with Gasteiger partial charge in [-0.2, -0.15) is 4.98 Å². The van der Waals surface area contributed by atoms with E-state index < -0.39 is 0 Å². The van der Waals surface area contributed by atoms with E-state index in [9.17, 15) is 0 Å². The normalized spacial score (nSPS) is 10.6. The van der Waals surface area contributed by atoms with Gasteiger partial charge >= 0.3 is 0 Å². The summed E-state index contributed by atoms with van der Waals surface area (Å²) in [4.78, 5) is 7.78. The van der Waals surface area contributed by atoms with Crippen LogP contribution in [0.5, 0.6) is 5.88 Å². The Kier molecular flexibility index (Phi) is 8.41. The average Bonchev–Trinajstić information content (AvgIpc) is 2.37. The minimum absolute atomic E-state index is 0.306. The molecule has 0 radical (unpaired) electrons. The number of hydrogen-bond donors (Lipinski definition) is 0. The molecular weight excluding hydrogens is 260 g/mol. The summed E-state index contributed by atoms with van der Waals surface area (Å²) < 4.78 is 20.6. The zero-order valence-corrected chi connectivity index (χ0v) is 11.1. The molecule has 0 saturated heterocycles. The number of hydrogen-bond acceptors (Lipinski definition) is 6. The zero-order chi connectivity index (χ0) is 13.1. The first-order valence-electron chi connectivity index (χ1n) is 5.57. The van der Waals surface area contributed by atoms with Crippen molar-refractivity contribution < 1.29 is 18.9 Å². The average molecular weight is 277 g/mol. The largest absolute Gasteiger partial charge is 0.474 e. The minimum Gasteiger partial charge on any atom is -0.474 e. The molecule has 1 heterocycles. The first kappa shape index (κ1) is 15.1. The number of nitrogens with zero attached hydrogens (tertiary/aromatic N) is 2. The Morgan fingerprint density at radius 2 is 1.67 bits per heavy atom. The van der Waals surface area contributed by atoms with Crippen molar-refractivity contribution in [2.75, 3.05) is 46.8 Å². The Morgan fingerprint density at radius 1 is 1.00 bits per heavy atom. The molecule has 102 valence electrons. The molecule has 1 aromatic rings. The van der Waals surface area contributed by atoms with Gasteiger partial charge in [-0.05, 0) is 0 Å². The van der Waals surface area contributed by atoms with E-state index in [4.69, 9.17) is 30.5 Å². The highest BCUT2D eigenvalue weighted by molar-refractivity contribution is 6.29. The molecule has 1 aromatic heterocycles. The van der Waals surface area contributed by atoms with Gasteiger partial charge in [0.1, 0.15) is 6.61 Å². The molecular formula is C11H17ClN2O4. The monoisotopic (exact) mass is 276 g/mol. The molecule has 0 fully saturated rings. The standard InChI is InChI=1S/C11H17ClN2O4/c1-15-2-3-16-4-5-17-6-7-18-11-9-13-8-10(12)14-11/h8-9H,2-7H2,1H3. The number of aromatic nitrogens is 2. The van der Waals surface area contributed by atoms with Crippen molar-refractivity contribution in [1.29, 1.82) is 0 Å². The maximum absolute atomic E-state index is 5.66. The predicted octanol–water partition coefficient (Wildman–Crippen LogP) is 1.19. The number of rotatable bonds is 10. The summed E-state index contributed by atoms with van der Waals surface area (Å²) in [5.74, 6) is 0.391. The van der Waals surface area contributed by atoms with E-state index in [2.05, 4.69) is 9.97 Å². The molecule has 0 spiro atoms. The van der Waals surface area contributed by atoms with Gasteiger partial charge in [-0.25, -0.2) is 0 Å². The summed E-state index contributed by atoms with van der Waals surface area (Å²) in [6.45, 7) is 3.09. The Bertz CT molecular complexity index is 328. The van der Waals surface area contributed by atoms with E-state index >= 15 is 0 Å². The van der Waals surface area contributed by atoms with Crippen LogP contribution in [0.2, 0.25) is 5.15 Å². The van der Waals surface area contributed by atoms with Crippen LogP contribution < -0.4 is 4.74 Å². The van der Waals surface area contributed by atoms with Gasteiger partial charge in [0.15, 0.2) is 5.15 Å². The van der Waals surface area contributed by atoms with Crippen LogP contribution in [0.4, 0.5) is 0 Å². The third-order valence-corrected chi connectivity index (χ3v) is 2.05. The lowest BCUT2D eigenvalue weighted by Crippen LogP contribution is -2.12. The summed E-state index contributed by atoms with van der Waals surface area (Å²) in [5, 5.41) is 0.306. The van der Waals surface area contributed by atoms with E-state index in [1.807, 2.05) is 0 Å². The molecule has 0 N–H and O–H groups in total. The van der Waals surface area contributed by atoms with E-state index in [0.29, 0.717) is 50.7 Å². The van der Waals surface area contributed by atoms with E-state index in [0.717, 1.165) is 0 Å². The Labute approximate surface area is 111 Å². The summed E-state index contributed by atoms with van der Waals surface area (Å²) >= 11 is 5.66. The van der Waals surface area contributed by atoms with Crippen molar-refractivity contribution in [3.8, 4) is 5.88 Å². The first-order chi connectivity index (χ1) is 8.83. The molecule has 0 aliphatic carbocycles. The highest BCUT2D eigenvalue weighted by atomic mass is 35.5. The van der Waals surface area contributed by atoms with Crippen LogP contribution in [0, 0.1) is 0 Å².